The number of carbonyl (C=O) groups is 2. The van der Waals surface area contributed by atoms with E-state index in [0.29, 0.717) is 16.7 Å². The number of rotatable bonds is 4. The fraction of sp³-hybridized carbons (Fsp3) is 0.185. The van der Waals surface area contributed by atoms with Crippen LogP contribution < -0.4 is 0 Å². The summed E-state index contributed by atoms with van der Waals surface area (Å²) in [5.41, 5.74) is 0.559. The summed E-state index contributed by atoms with van der Waals surface area (Å²) in [6.07, 6.45) is 1.55. The van der Waals surface area contributed by atoms with Crippen LogP contribution >= 0.6 is 15.9 Å². The largest absolute Gasteiger partial charge is 0.293 e. The normalized spacial score (nSPS) is 21.7. The predicted octanol–water partition coefficient (Wildman–Crippen LogP) is 5.37. The van der Waals surface area contributed by atoms with E-state index in [1.807, 2.05) is 6.92 Å². The van der Waals surface area contributed by atoms with Gasteiger partial charge in [0.2, 0.25) is 10.0 Å². The van der Waals surface area contributed by atoms with Crippen molar-refractivity contribution in [1.82, 2.24) is 4.31 Å². The third-order valence-electron chi connectivity index (χ3n) is 6.95. The number of aryl methyl sites for hydroxylation is 1. The van der Waals surface area contributed by atoms with E-state index in [-0.39, 0.29) is 23.0 Å². The van der Waals surface area contributed by atoms with Crippen molar-refractivity contribution in [2.24, 2.45) is 11.3 Å². The standard InChI is InChI=1S/C27H22BrNO4S/c1-3-19-16-29(34(32,33)21-14-8-17(2)9-15-21)24(18-10-12-20(28)13-11-18)27(19)25(30)22-6-4-5-7-23(22)26(27)31/h3-15,19,24H,1,16H2,2H3/t19-,24+/m1/s1. The number of halogens is 1. The Labute approximate surface area is 207 Å². The van der Waals surface area contributed by atoms with Gasteiger partial charge in [0.25, 0.3) is 0 Å². The maximum atomic E-state index is 14.0. The Bertz CT molecular complexity index is 1390. The lowest BCUT2D eigenvalue weighted by atomic mass is 9.67. The van der Waals surface area contributed by atoms with Crippen molar-refractivity contribution >= 4 is 37.5 Å². The Morgan fingerprint density at radius 3 is 2.03 bits per heavy atom. The molecule has 0 radical (unpaired) electrons. The van der Waals surface area contributed by atoms with Gasteiger partial charge in [-0.25, -0.2) is 8.42 Å². The highest BCUT2D eigenvalue weighted by molar-refractivity contribution is 9.10. The molecular formula is C27H22BrNO4S. The fourth-order valence-corrected chi connectivity index (χ4v) is 7.24. The summed E-state index contributed by atoms with van der Waals surface area (Å²) in [6, 6.07) is 19.4. The van der Waals surface area contributed by atoms with Gasteiger partial charge in [-0.05, 0) is 36.8 Å². The maximum Gasteiger partial charge on any atom is 0.243 e. The minimum Gasteiger partial charge on any atom is -0.293 e. The van der Waals surface area contributed by atoms with Crippen LogP contribution in [0.5, 0.6) is 0 Å². The van der Waals surface area contributed by atoms with E-state index in [2.05, 4.69) is 22.5 Å². The molecule has 0 amide bonds. The summed E-state index contributed by atoms with van der Waals surface area (Å²) in [5, 5.41) is 0. The molecule has 0 bridgehead atoms. The molecule has 1 fully saturated rings. The minimum absolute atomic E-state index is 0.0219. The van der Waals surface area contributed by atoms with Gasteiger partial charge in [-0.2, -0.15) is 4.31 Å². The summed E-state index contributed by atoms with van der Waals surface area (Å²) in [5.74, 6) is -1.39. The number of hydrogen-bond donors (Lipinski definition) is 0. The van der Waals surface area contributed by atoms with Gasteiger partial charge in [0, 0.05) is 28.1 Å². The Morgan fingerprint density at radius 1 is 0.941 bits per heavy atom. The molecule has 1 saturated heterocycles. The van der Waals surface area contributed by atoms with E-state index in [4.69, 9.17) is 0 Å². The molecule has 3 aromatic rings. The van der Waals surface area contributed by atoms with Crippen LogP contribution in [0, 0.1) is 18.3 Å². The predicted molar refractivity (Wildman–Crippen MR) is 133 cm³/mol. The summed E-state index contributed by atoms with van der Waals surface area (Å²) in [6.45, 7) is 5.76. The average Bonchev–Trinajstić information content (AvgIpc) is 3.30. The quantitative estimate of drug-likeness (QED) is 0.332. The van der Waals surface area contributed by atoms with Crippen LogP contribution in [-0.2, 0) is 10.0 Å². The van der Waals surface area contributed by atoms with E-state index >= 15 is 0 Å². The van der Waals surface area contributed by atoms with Gasteiger partial charge in [-0.15, -0.1) is 6.58 Å². The zero-order valence-corrected chi connectivity index (χ0v) is 20.8. The summed E-state index contributed by atoms with van der Waals surface area (Å²) >= 11 is 3.42. The van der Waals surface area contributed by atoms with Gasteiger partial charge in [-0.3, -0.25) is 9.59 Å². The number of carbonyl (C=O) groups excluding carboxylic acids is 2. The molecule has 7 heteroatoms. The fourth-order valence-electron chi connectivity index (χ4n) is 5.30. The monoisotopic (exact) mass is 535 g/mol. The molecule has 172 valence electrons. The molecule has 34 heavy (non-hydrogen) atoms. The molecule has 5 rings (SSSR count). The Balaban J connectivity index is 1.77. The van der Waals surface area contributed by atoms with E-state index in [1.165, 1.54) is 4.31 Å². The number of fused-ring (bicyclic) bond motifs is 1. The van der Waals surface area contributed by atoms with Gasteiger partial charge in [0.05, 0.1) is 10.9 Å². The molecule has 1 spiro atoms. The number of nitrogens with zero attached hydrogens (tertiary/aromatic N) is 1. The highest BCUT2D eigenvalue weighted by atomic mass is 79.9. The molecule has 0 unspecified atom stereocenters. The molecular weight excluding hydrogens is 514 g/mol. The zero-order chi connectivity index (χ0) is 24.3. The molecule has 2 aliphatic rings. The van der Waals surface area contributed by atoms with E-state index in [0.717, 1.165) is 10.0 Å². The first kappa shape index (κ1) is 22.9. The van der Waals surface area contributed by atoms with Crippen molar-refractivity contribution in [3.05, 3.63) is 112 Å². The lowest BCUT2D eigenvalue weighted by Gasteiger charge is -2.34. The highest BCUT2D eigenvalue weighted by Gasteiger charge is 2.68. The van der Waals surface area contributed by atoms with Gasteiger partial charge in [-0.1, -0.05) is 76.1 Å². The van der Waals surface area contributed by atoms with Crippen LogP contribution in [0.4, 0.5) is 0 Å². The van der Waals surface area contributed by atoms with Crippen LogP contribution in [0.3, 0.4) is 0 Å². The molecule has 0 saturated carbocycles. The van der Waals surface area contributed by atoms with E-state index in [1.54, 1.807) is 78.9 Å². The Morgan fingerprint density at radius 2 is 1.50 bits per heavy atom. The summed E-state index contributed by atoms with van der Waals surface area (Å²) in [7, 11) is -4.03. The van der Waals surface area contributed by atoms with Crippen molar-refractivity contribution in [3.8, 4) is 0 Å². The number of sulfonamides is 1. The highest BCUT2D eigenvalue weighted by Crippen LogP contribution is 2.59. The molecule has 1 aliphatic carbocycles. The lowest BCUT2D eigenvalue weighted by Crippen LogP contribution is -2.44. The van der Waals surface area contributed by atoms with Crippen LogP contribution in [-0.4, -0.2) is 30.8 Å². The number of benzene rings is 3. The van der Waals surface area contributed by atoms with Gasteiger partial charge >= 0.3 is 0 Å². The zero-order valence-electron chi connectivity index (χ0n) is 18.4. The topological polar surface area (TPSA) is 71.5 Å². The van der Waals surface area contributed by atoms with Crippen molar-refractivity contribution in [2.75, 3.05) is 6.54 Å². The molecule has 5 nitrogen and oxygen atoms in total. The van der Waals surface area contributed by atoms with Crippen molar-refractivity contribution in [1.29, 1.82) is 0 Å². The minimum atomic E-state index is -4.03. The average molecular weight is 536 g/mol. The Hall–Kier alpha value is -2.87. The van der Waals surface area contributed by atoms with E-state index in [9.17, 15) is 18.0 Å². The maximum absolute atomic E-state index is 14.0. The van der Waals surface area contributed by atoms with Crippen molar-refractivity contribution < 1.29 is 18.0 Å². The molecule has 1 aliphatic heterocycles. The summed E-state index contributed by atoms with van der Waals surface area (Å²) < 4.78 is 30.0. The molecule has 0 aromatic heterocycles. The van der Waals surface area contributed by atoms with Crippen molar-refractivity contribution in [3.63, 3.8) is 0 Å². The van der Waals surface area contributed by atoms with Gasteiger partial charge < -0.3 is 0 Å². The molecule has 0 N–H and O–H groups in total. The molecule has 1 heterocycles. The summed E-state index contributed by atoms with van der Waals surface area (Å²) in [4.78, 5) is 28.1. The van der Waals surface area contributed by atoms with Crippen LogP contribution in [0.15, 0.2) is 94.8 Å². The first-order valence-electron chi connectivity index (χ1n) is 10.9. The Kier molecular flexibility index (Phi) is 5.47. The lowest BCUT2D eigenvalue weighted by molar-refractivity contribution is 0.0611. The smallest absolute Gasteiger partial charge is 0.243 e. The van der Waals surface area contributed by atoms with E-state index < -0.39 is 27.4 Å². The third kappa shape index (κ3) is 3.11. The van der Waals surface area contributed by atoms with Crippen LogP contribution in [0.2, 0.25) is 0 Å². The molecule has 2 atom stereocenters. The van der Waals surface area contributed by atoms with Crippen LogP contribution in [0.25, 0.3) is 0 Å². The first-order valence-corrected chi connectivity index (χ1v) is 13.1. The third-order valence-corrected chi connectivity index (χ3v) is 9.32. The SMILES string of the molecule is C=C[C@@H]1CN(S(=O)(=O)c2ccc(C)cc2)[C@@H](c2ccc(Br)cc2)C12C(=O)c1ccccc1C2=O. The number of Topliss-reactive ketones (excluding diaryl/α,β-unsaturated/α-hetero) is 2. The second-order valence-corrected chi connectivity index (χ2v) is 11.6. The second-order valence-electron chi connectivity index (χ2n) is 8.76. The first-order chi connectivity index (χ1) is 16.2. The van der Waals surface area contributed by atoms with Crippen molar-refractivity contribution in [2.45, 2.75) is 17.9 Å². The molecule has 3 aromatic carbocycles. The van der Waals surface area contributed by atoms with Gasteiger partial charge in [0.15, 0.2) is 11.6 Å². The van der Waals surface area contributed by atoms with Crippen LogP contribution in [0.1, 0.15) is 37.9 Å². The van der Waals surface area contributed by atoms with Gasteiger partial charge in [0.1, 0.15) is 5.41 Å². The number of ketones is 2. The second kappa shape index (κ2) is 8.12. The number of hydrogen-bond acceptors (Lipinski definition) is 4.